The van der Waals surface area contributed by atoms with Gasteiger partial charge in [-0.1, -0.05) is 11.2 Å². The molecule has 3 rings (SSSR count). The number of ether oxygens (including phenoxy) is 2. The molecule has 1 aromatic heterocycles. The zero-order valence-corrected chi connectivity index (χ0v) is 13.0. The Bertz CT molecular complexity index is 656. The van der Waals surface area contributed by atoms with Crippen LogP contribution < -0.4 is 5.73 Å². The molecule has 6 nitrogen and oxygen atoms in total. The fraction of sp³-hybridized carbons (Fsp3) is 0.500. The van der Waals surface area contributed by atoms with Crippen molar-refractivity contribution in [2.24, 2.45) is 11.7 Å². The third kappa shape index (κ3) is 3.41. The Morgan fingerprint density at radius 2 is 2.35 bits per heavy atom. The number of halogens is 1. The number of benzene rings is 1. The summed E-state index contributed by atoms with van der Waals surface area (Å²) in [7, 11) is 0. The zero-order chi connectivity index (χ0) is 16.2. The molecule has 2 atom stereocenters. The molecule has 2 heterocycles. The number of rotatable bonds is 6. The first kappa shape index (κ1) is 16.0. The van der Waals surface area contributed by atoms with Gasteiger partial charge in [-0.15, -0.1) is 0 Å². The van der Waals surface area contributed by atoms with Gasteiger partial charge in [-0.25, -0.2) is 4.39 Å². The van der Waals surface area contributed by atoms with Crippen molar-refractivity contribution in [2.45, 2.75) is 26.0 Å². The van der Waals surface area contributed by atoms with E-state index in [0.29, 0.717) is 31.3 Å². The first-order valence-corrected chi connectivity index (χ1v) is 7.74. The van der Waals surface area contributed by atoms with Crippen LogP contribution >= 0.6 is 0 Å². The summed E-state index contributed by atoms with van der Waals surface area (Å²) >= 11 is 0. The molecule has 124 valence electrons. The Morgan fingerprint density at radius 3 is 3.00 bits per heavy atom. The normalized spacial score (nSPS) is 19.2. The van der Waals surface area contributed by atoms with E-state index in [2.05, 4.69) is 10.1 Å². The Hall–Kier alpha value is -1.83. The molecular weight excluding hydrogens is 301 g/mol. The molecule has 1 saturated heterocycles. The summed E-state index contributed by atoms with van der Waals surface area (Å²) in [5, 5.41) is 3.90. The molecule has 0 radical (unpaired) electrons. The maximum atomic E-state index is 14.2. The second-order valence-corrected chi connectivity index (χ2v) is 5.47. The van der Waals surface area contributed by atoms with Gasteiger partial charge < -0.3 is 19.7 Å². The van der Waals surface area contributed by atoms with Gasteiger partial charge in [-0.3, -0.25) is 0 Å². The largest absolute Gasteiger partial charge is 0.381 e. The molecule has 23 heavy (non-hydrogen) atoms. The molecule has 1 aromatic carbocycles. The average Bonchev–Trinajstić information content (AvgIpc) is 3.24. The Labute approximate surface area is 133 Å². The summed E-state index contributed by atoms with van der Waals surface area (Å²) in [5.41, 5.74) is 6.51. The van der Waals surface area contributed by atoms with Gasteiger partial charge >= 0.3 is 0 Å². The van der Waals surface area contributed by atoms with Crippen LogP contribution in [0.5, 0.6) is 0 Å². The highest BCUT2D eigenvalue weighted by Crippen LogP contribution is 2.32. The lowest BCUT2D eigenvalue weighted by atomic mass is 10.0. The molecule has 2 unspecified atom stereocenters. The van der Waals surface area contributed by atoms with Crippen molar-refractivity contribution in [2.75, 3.05) is 19.8 Å². The molecule has 7 heteroatoms. The molecule has 2 N–H and O–H groups in total. The van der Waals surface area contributed by atoms with Crippen LogP contribution in [0.4, 0.5) is 4.39 Å². The number of aromatic nitrogens is 2. The van der Waals surface area contributed by atoms with E-state index in [9.17, 15) is 4.39 Å². The van der Waals surface area contributed by atoms with Gasteiger partial charge in [0.25, 0.3) is 5.89 Å². The lowest BCUT2D eigenvalue weighted by Gasteiger charge is -2.18. The van der Waals surface area contributed by atoms with E-state index in [-0.39, 0.29) is 30.0 Å². The minimum Gasteiger partial charge on any atom is -0.381 e. The van der Waals surface area contributed by atoms with Gasteiger partial charge in [0.05, 0.1) is 12.2 Å². The smallest absolute Gasteiger partial charge is 0.256 e. The molecule has 0 amide bonds. The van der Waals surface area contributed by atoms with E-state index in [0.717, 1.165) is 6.42 Å². The minimum atomic E-state index is -0.419. The second-order valence-electron chi connectivity index (χ2n) is 5.47. The van der Waals surface area contributed by atoms with Gasteiger partial charge in [0.1, 0.15) is 11.9 Å². The highest BCUT2D eigenvalue weighted by atomic mass is 19.1. The van der Waals surface area contributed by atoms with E-state index in [1.54, 1.807) is 12.1 Å². The van der Waals surface area contributed by atoms with Crippen LogP contribution in [0, 0.1) is 11.7 Å². The predicted molar refractivity (Wildman–Crippen MR) is 80.9 cm³/mol. The van der Waals surface area contributed by atoms with Crippen LogP contribution in [-0.2, 0) is 16.0 Å². The molecule has 0 spiro atoms. The second kappa shape index (κ2) is 7.16. The van der Waals surface area contributed by atoms with Gasteiger partial charge in [0, 0.05) is 25.7 Å². The lowest BCUT2D eigenvalue weighted by Crippen LogP contribution is -2.17. The van der Waals surface area contributed by atoms with E-state index >= 15 is 0 Å². The Kier molecular flexibility index (Phi) is 5.00. The molecule has 0 bridgehead atoms. The molecule has 1 aliphatic heterocycles. The van der Waals surface area contributed by atoms with Crippen molar-refractivity contribution in [3.8, 4) is 11.4 Å². The molecule has 0 aliphatic carbocycles. The van der Waals surface area contributed by atoms with Crippen LogP contribution in [0.1, 0.15) is 30.9 Å². The molecular formula is C16H20FN3O3. The van der Waals surface area contributed by atoms with Crippen molar-refractivity contribution < 1.29 is 18.4 Å². The Morgan fingerprint density at radius 1 is 1.48 bits per heavy atom. The summed E-state index contributed by atoms with van der Waals surface area (Å²) in [6, 6.07) is 4.75. The first-order valence-electron chi connectivity index (χ1n) is 7.74. The maximum absolute atomic E-state index is 14.2. The molecule has 0 saturated carbocycles. The molecule has 1 aliphatic rings. The SMILES string of the molecule is CCOC(c1nc(-c2ccc(CN)cc2F)no1)C1CCOC1. The third-order valence-corrected chi connectivity index (χ3v) is 3.93. The summed E-state index contributed by atoms with van der Waals surface area (Å²) in [6.45, 7) is 4.01. The summed E-state index contributed by atoms with van der Waals surface area (Å²) in [5.74, 6) is 0.328. The van der Waals surface area contributed by atoms with E-state index in [1.807, 2.05) is 6.92 Å². The summed E-state index contributed by atoms with van der Waals surface area (Å²) in [4.78, 5) is 4.33. The van der Waals surface area contributed by atoms with Crippen LogP contribution in [-0.4, -0.2) is 30.0 Å². The fourth-order valence-electron chi connectivity index (χ4n) is 2.71. The Balaban J connectivity index is 1.86. The van der Waals surface area contributed by atoms with Crippen LogP contribution in [0.25, 0.3) is 11.4 Å². The van der Waals surface area contributed by atoms with Gasteiger partial charge in [0.2, 0.25) is 5.82 Å². The van der Waals surface area contributed by atoms with Crippen molar-refractivity contribution in [3.63, 3.8) is 0 Å². The van der Waals surface area contributed by atoms with Crippen LogP contribution in [0.2, 0.25) is 0 Å². The van der Waals surface area contributed by atoms with Crippen molar-refractivity contribution in [3.05, 3.63) is 35.5 Å². The zero-order valence-electron chi connectivity index (χ0n) is 13.0. The van der Waals surface area contributed by atoms with Gasteiger partial charge in [-0.05, 0) is 31.0 Å². The van der Waals surface area contributed by atoms with Crippen LogP contribution in [0.3, 0.4) is 0 Å². The summed E-state index contributed by atoms with van der Waals surface area (Å²) < 4.78 is 30.6. The highest BCUT2D eigenvalue weighted by molar-refractivity contribution is 5.55. The van der Waals surface area contributed by atoms with E-state index < -0.39 is 5.82 Å². The standard InChI is InChI=1S/C16H20FN3O3/c1-2-22-14(11-5-6-21-9-11)16-19-15(20-23-16)12-4-3-10(8-18)7-13(12)17/h3-4,7,11,14H,2,5-6,8-9,18H2,1H3. The molecule has 1 fully saturated rings. The van der Waals surface area contributed by atoms with Crippen molar-refractivity contribution in [1.29, 1.82) is 0 Å². The van der Waals surface area contributed by atoms with Crippen LogP contribution in [0.15, 0.2) is 22.7 Å². The van der Waals surface area contributed by atoms with Crippen molar-refractivity contribution >= 4 is 0 Å². The topological polar surface area (TPSA) is 83.4 Å². The maximum Gasteiger partial charge on any atom is 0.256 e. The number of nitrogens with zero attached hydrogens (tertiary/aromatic N) is 2. The fourth-order valence-corrected chi connectivity index (χ4v) is 2.71. The lowest BCUT2D eigenvalue weighted by molar-refractivity contribution is -0.00627. The van der Waals surface area contributed by atoms with Gasteiger partial charge in [0.15, 0.2) is 0 Å². The summed E-state index contributed by atoms with van der Waals surface area (Å²) in [6.07, 6.45) is 0.553. The monoisotopic (exact) mass is 321 g/mol. The quantitative estimate of drug-likeness (QED) is 0.880. The van der Waals surface area contributed by atoms with Gasteiger partial charge in [-0.2, -0.15) is 4.98 Å². The highest BCUT2D eigenvalue weighted by Gasteiger charge is 2.32. The molecule has 2 aromatic rings. The third-order valence-electron chi connectivity index (χ3n) is 3.93. The predicted octanol–water partition coefficient (Wildman–Crippen LogP) is 2.45. The number of hydrogen-bond acceptors (Lipinski definition) is 6. The van der Waals surface area contributed by atoms with E-state index in [4.69, 9.17) is 19.7 Å². The van der Waals surface area contributed by atoms with Crippen molar-refractivity contribution in [1.82, 2.24) is 10.1 Å². The average molecular weight is 321 g/mol. The first-order chi connectivity index (χ1) is 11.2. The number of hydrogen-bond donors (Lipinski definition) is 1. The minimum absolute atomic E-state index is 0.174. The van der Waals surface area contributed by atoms with E-state index in [1.165, 1.54) is 6.07 Å². The number of nitrogens with two attached hydrogens (primary N) is 1.